The molecule has 3 aromatic rings. The van der Waals surface area contributed by atoms with Gasteiger partial charge in [-0.1, -0.05) is 35.9 Å². The summed E-state index contributed by atoms with van der Waals surface area (Å²) in [6.45, 7) is 1.42. The normalized spacial score (nSPS) is 14.4. The number of halogens is 2. The Bertz CT molecular complexity index is 1480. The van der Waals surface area contributed by atoms with Crippen molar-refractivity contribution < 1.29 is 28.7 Å². The quantitative estimate of drug-likeness (QED) is 0.289. The van der Waals surface area contributed by atoms with Gasteiger partial charge in [-0.2, -0.15) is 0 Å². The number of rotatable bonds is 7. The number of nitrogens with zero attached hydrogens (tertiary/aromatic N) is 1. The van der Waals surface area contributed by atoms with Gasteiger partial charge in [0.25, 0.3) is 17.7 Å². The zero-order chi connectivity index (χ0) is 27.4. The number of carbonyl (C=O) groups is 4. The molecule has 1 saturated heterocycles. The first kappa shape index (κ1) is 26.9. The van der Waals surface area contributed by atoms with Gasteiger partial charge >= 0.3 is 6.03 Å². The lowest BCUT2D eigenvalue weighted by atomic mass is 10.1. The Morgan fingerprint density at radius 2 is 1.84 bits per heavy atom. The number of barbiturate groups is 1. The maximum atomic E-state index is 13.3. The molecule has 1 aliphatic heterocycles. The smallest absolute Gasteiger partial charge is 0.335 e. The zero-order valence-corrected chi connectivity index (χ0v) is 22.6. The average molecular weight is 599 g/mol. The molecule has 38 heavy (non-hydrogen) atoms. The fraction of sp³-hybridized carbons (Fsp3) is 0.111. The molecule has 4 rings (SSSR count). The number of para-hydroxylation sites is 1. The van der Waals surface area contributed by atoms with Crippen molar-refractivity contribution in [1.82, 2.24) is 5.32 Å². The lowest BCUT2D eigenvalue weighted by Gasteiger charge is -2.27. The summed E-state index contributed by atoms with van der Waals surface area (Å²) in [4.78, 5) is 51.6. The highest BCUT2D eigenvalue weighted by molar-refractivity contribution is 9.10. The van der Waals surface area contributed by atoms with Gasteiger partial charge < -0.3 is 14.8 Å². The van der Waals surface area contributed by atoms with E-state index in [2.05, 4.69) is 26.6 Å². The van der Waals surface area contributed by atoms with Crippen LogP contribution < -0.4 is 25.0 Å². The summed E-state index contributed by atoms with van der Waals surface area (Å²) >= 11 is 9.47. The van der Waals surface area contributed by atoms with Gasteiger partial charge in [0.2, 0.25) is 0 Å². The van der Waals surface area contributed by atoms with E-state index in [0.29, 0.717) is 26.3 Å². The number of amides is 5. The first-order valence-electron chi connectivity index (χ1n) is 11.2. The molecule has 11 heteroatoms. The number of hydrogen-bond acceptors (Lipinski definition) is 6. The van der Waals surface area contributed by atoms with Gasteiger partial charge in [-0.3, -0.25) is 19.7 Å². The number of aryl methyl sites for hydroxylation is 1. The van der Waals surface area contributed by atoms with E-state index in [1.54, 1.807) is 49.4 Å². The SMILES string of the molecule is COc1cc(/C=C2\C(=O)NC(=O)N(c3cc(Cl)ccc3C)C2=O)cc(Br)c1OCC(=O)Nc1ccccc1. The van der Waals surface area contributed by atoms with Crippen molar-refractivity contribution in [2.45, 2.75) is 6.92 Å². The Morgan fingerprint density at radius 1 is 1.11 bits per heavy atom. The molecule has 5 amide bonds. The Hall–Kier alpha value is -4.15. The number of benzene rings is 3. The summed E-state index contributed by atoms with van der Waals surface area (Å²) in [5.74, 6) is -1.52. The third-order valence-corrected chi connectivity index (χ3v) is 6.31. The van der Waals surface area contributed by atoms with Crippen molar-refractivity contribution in [3.8, 4) is 11.5 Å². The number of carbonyl (C=O) groups excluding carboxylic acids is 4. The van der Waals surface area contributed by atoms with Crippen molar-refractivity contribution in [1.29, 1.82) is 0 Å². The molecule has 0 radical (unpaired) electrons. The number of hydrogen-bond donors (Lipinski definition) is 2. The van der Waals surface area contributed by atoms with Crippen LogP contribution in [-0.4, -0.2) is 37.5 Å². The maximum absolute atomic E-state index is 13.3. The Kier molecular flexibility index (Phi) is 8.13. The largest absolute Gasteiger partial charge is 0.493 e. The summed E-state index contributed by atoms with van der Waals surface area (Å²) in [7, 11) is 1.41. The number of anilines is 2. The Balaban J connectivity index is 1.59. The highest BCUT2D eigenvalue weighted by Gasteiger charge is 2.37. The molecular formula is C27H21BrClN3O6. The molecule has 3 aromatic carbocycles. The van der Waals surface area contributed by atoms with Crippen molar-refractivity contribution in [2.24, 2.45) is 0 Å². The average Bonchev–Trinajstić information content (AvgIpc) is 2.88. The minimum Gasteiger partial charge on any atom is -0.493 e. The Morgan fingerprint density at radius 3 is 2.55 bits per heavy atom. The summed E-state index contributed by atoms with van der Waals surface area (Å²) < 4.78 is 11.5. The van der Waals surface area contributed by atoms with Crippen molar-refractivity contribution in [2.75, 3.05) is 23.9 Å². The summed E-state index contributed by atoms with van der Waals surface area (Å²) in [6.07, 6.45) is 1.33. The fourth-order valence-corrected chi connectivity index (χ4v) is 4.43. The van der Waals surface area contributed by atoms with Crippen LogP contribution in [0.1, 0.15) is 11.1 Å². The first-order valence-corrected chi connectivity index (χ1v) is 12.4. The van der Waals surface area contributed by atoms with Crippen LogP contribution >= 0.6 is 27.5 Å². The van der Waals surface area contributed by atoms with Crippen LogP contribution in [0.25, 0.3) is 6.08 Å². The predicted octanol–water partition coefficient (Wildman–Crippen LogP) is 5.10. The molecule has 0 spiro atoms. The van der Waals surface area contributed by atoms with E-state index >= 15 is 0 Å². The van der Waals surface area contributed by atoms with Gasteiger partial charge in [-0.25, -0.2) is 9.69 Å². The van der Waals surface area contributed by atoms with Crippen LogP contribution in [0.3, 0.4) is 0 Å². The highest BCUT2D eigenvalue weighted by atomic mass is 79.9. The molecule has 1 aliphatic rings. The molecule has 0 bridgehead atoms. The molecule has 0 saturated carbocycles. The number of imide groups is 2. The predicted molar refractivity (Wildman–Crippen MR) is 146 cm³/mol. The molecule has 0 unspecified atom stereocenters. The summed E-state index contributed by atoms with van der Waals surface area (Å²) in [5, 5.41) is 5.24. The van der Waals surface area contributed by atoms with E-state index in [0.717, 1.165) is 4.90 Å². The minimum atomic E-state index is -0.876. The molecule has 1 heterocycles. The van der Waals surface area contributed by atoms with Crippen LogP contribution in [0.15, 0.2) is 70.7 Å². The van der Waals surface area contributed by atoms with Crippen LogP contribution in [0.4, 0.5) is 16.2 Å². The zero-order valence-electron chi connectivity index (χ0n) is 20.2. The maximum Gasteiger partial charge on any atom is 0.335 e. The second kappa shape index (κ2) is 11.5. The van der Waals surface area contributed by atoms with Gasteiger partial charge in [-0.15, -0.1) is 0 Å². The topological polar surface area (TPSA) is 114 Å². The van der Waals surface area contributed by atoms with Crippen LogP contribution in [0.5, 0.6) is 11.5 Å². The summed E-state index contributed by atoms with van der Waals surface area (Å²) in [5.41, 5.74) is 1.65. The molecule has 0 aliphatic carbocycles. The Labute approximate surface area is 231 Å². The molecule has 194 valence electrons. The van der Waals surface area contributed by atoms with E-state index in [9.17, 15) is 19.2 Å². The molecular weight excluding hydrogens is 578 g/mol. The molecule has 9 nitrogen and oxygen atoms in total. The van der Waals surface area contributed by atoms with Gasteiger partial charge in [0.05, 0.1) is 17.3 Å². The summed E-state index contributed by atoms with van der Waals surface area (Å²) in [6, 6.07) is 16.0. The number of methoxy groups -OCH3 is 1. The van der Waals surface area contributed by atoms with Crippen LogP contribution in [-0.2, 0) is 14.4 Å². The second-order valence-electron chi connectivity index (χ2n) is 8.13. The lowest BCUT2D eigenvalue weighted by Crippen LogP contribution is -2.54. The lowest BCUT2D eigenvalue weighted by molar-refractivity contribution is -0.122. The van der Waals surface area contributed by atoms with Crippen molar-refractivity contribution in [3.63, 3.8) is 0 Å². The van der Waals surface area contributed by atoms with Gasteiger partial charge in [-0.05, 0) is 76.5 Å². The van der Waals surface area contributed by atoms with E-state index < -0.39 is 17.8 Å². The second-order valence-corrected chi connectivity index (χ2v) is 9.42. The van der Waals surface area contributed by atoms with Crippen LogP contribution in [0.2, 0.25) is 5.02 Å². The van der Waals surface area contributed by atoms with E-state index in [1.807, 2.05) is 6.07 Å². The van der Waals surface area contributed by atoms with Crippen LogP contribution in [0, 0.1) is 6.92 Å². The number of nitrogens with one attached hydrogen (secondary N) is 2. The van der Waals surface area contributed by atoms with E-state index in [-0.39, 0.29) is 35.3 Å². The standard InChI is InChI=1S/C27H21BrClN3O6/c1-15-8-9-17(29)13-21(15)32-26(35)19(25(34)31-27(32)36)10-16-11-20(28)24(22(12-16)37-2)38-14-23(33)30-18-6-4-3-5-7-18/h3-13H,14H2,1-2H3,(H,30,33)(H,31,34,36)/b19-10+. The molecule has 0 aromatic heterocycles. The molecule has 1 fully saturated rings. The van der Waals surface area contributed by atoms with Gasteiger partial charge in [0.1, 0.15) is 5.57 Å². The number of ether oxygens (including phenoxy) is 2. The van der Waals surface area contributed by atoms with E-state index in [4.69, 9.17) is 21.1 Å². The monoisotopic (exact) mass is 597 g/mol. The third-order valence-electron chi connectivity index (χ3n) is 5.48. The highest BCUT2D eigenvalue weighted by Crippen LogP contribution is 2.38. The van der Waals surface area contributed by atoms with Crippen molar-refractivity contribution in [3.05, 3.63) is 86.9 Å². The third kappa shape index (κ3) is 5.87. The minimum absolute atomic E-state index is 0.251. The van der Waals surface area contributed by atoms with E-state index in [1.165, 1.54) is 25.3 Å². The van der Waals surface area contributed by atoms with Gasteiger partial charge in [0.15, 0.2) is 18.1 Å². The first-order chi connectivity index (χ1) is 18.2. The fourth-order valence-electron chi connectivity index (χ4n) is 3.69. The molecule has 0 atom stereocenters. The van der Waals surface area contributed by atoms with Gasteiger partial charge in [0, 0.05) is 10.7 Å². The molecule has 2 N–H and O–H groups in total. The van der Waals surface area contributed by atoms with Crippen molar-refractivity contribution >= 4 is 68.7 Å². The number of urea groups is 1.